The van der Waals surface area contributed by atoms with Gasteiger partial charge in [0.15, 0.2) is 5.16 Å². The van der Waals surface area contributed by atoms with Gasteiger partial charge in [-0.3, -0.25) is 0 Å². The second kappa shape index (κ2) is 5.70. The Labute approximate surface area is 105 Å². The Morgan fingerprint density at radius 3 is 2.81 bits per heavy atom. The average molecular weight is 262 g/mol. The van der Waals surface area contributed by atoms with E-state index in [2.05, 4.69) is 15.3 Å². The summed E-state index contributed by atoms with van der Waals surface area (Å²) in [7, 11) is 0. The standard InChI is InChI=1S/C10H16ClN3OS/c1-4-10(2,15)6-12-8-5-7(11)13-9(14-8)16-3/h5,15H,4,6H2,1-3H3,(H,12,13,14). The average Bonchev–Trinajstić information content (AvgIpc) is 2.26. The maximum absolute atomic E-state index is 9.84. The third-order valence-electron chi connectivity index (χ3n) is 2.27. The zero-order valence-electron chi connectivity index (χ0n) is 9.62. The van der Waals surface area contributed by atoms with Gasteiger partial charge in [0.1, 0.15) is 11.0 Å². The molecule has 0 aliphatic heterocycles. The molecule has 6 heteroatoms. The summed E-state index contributed by atoms with van der Waals surface area (Å²) < 4.78 is 0. The second-order valence-corrected chi connectivity index (χ2v) is 4.93. The number of hydrogen-bond donors (Lipinski definition) is 2. The Bertz CT molecular complexity index is 360. The summed E-state index contributed by atoms with van der Waals surface area (Å²) in [5.74, 6) is 0.637. The van der Waals surface area contributed by atoms with Gasteiger partial charge in [-0.1, -0.05) is 30.3 Å². The van der Waals surface area contributed by atoms with Crippen LogP contribution in [0.4, 0.5) is 5.82 Å². The van der Waals surface area contributed by atoms with Crippen LogP contribution in [0.25, 0.3) is 0 Å². The SMILES string of the molecule is CCC(C)(O)CNc1cc(Cl)nc(SC)n1. The van der Waals surface area contributed by atoms with Crippen molar-refractivity contribution in [3.05, 3.63) is 11.2 Å². The molecule has 0 saturated carbocycles. The van der Waals surface area contributed by atoms with E-state index in [1.54, 1.807) is 13.0 Å². The molecule has 0 radical (unpaired) electrons. The molecule has 0 saturated heterocycles. The Morgan fingerprint density at radius 1 is 1.56 bits per heavy atom. The van der Waals surface area contributed by atoms with E-state index in [0.717, 1.165) is 0 Å². The maximum atomic E-state index is 9.84. The molecule has 1 aromatic rings. The molecule has 0 aromatic carbocycles. The molecule has 1 unspecified atom stereocenters. The highest BCUT2D eigenvalue weighted by Gasteiger charge is 2.17. The molecule has 16 heavy (non-hydrogen) atoms. The molecule has 0 fully saturated rings. The van der Waals surface area contributed by atoms with Gasteiger partial charge in [0, 0.05) is 12.6 Å². The molecule has 1 heterocycles. The quantitative estimate of drug-likeness (QED) is 0.484. The summed E-state index contributed by atoms with van der Waals surface area (Å²) in [6, 6.07) is 1.65. The van der Waals surface area contributed by atoms with E-state index in [-0.39, 0.29) is 0 Å². The fraction of sp³-hybridized carbons (Fsp3) is 0.600. The van der Waals surface area contributed by atoms with Crippen LogP contribution in [-0.2, 0) is 0 Å². The minimum Gasteiger partial charge on any atom is -0.388 e. The number of aliphatic hydroxyl groups is 1. The van der Waals surface area contributed by atoms with E-state index in [1.165, 1.54) is 11.8 Å². The van der Waals surface area contributed by atoms with Crippen LogP contribution in [0.2, 0.25) is 5.15 Å². The van der Waals surface area contributed by atoms with E-state index in [0.29, 0.717) is 29.1 Å². The Balaban J connectivity index is 2.70. The van der Waals surface area contributed by atoms with Crippen LogP contribution in [0.3, 0.4) is 0 Å². The molecule has 1 rings (SSSR count). The van der Waals surface area contributed by atoms with E-state index in [1.807, 2.05) is 13.2 Å². The first-order chi connectivity index (χ1) is 7.46. The second-order valence-electron chi connectivity index (χ2n) is 3.77. The molecule has 90 valence electrons. The molecule has 0 spiro atoms. The number of rotatable bonds is 5. The molecule has 0 amide bonds. The van der Waals surface area contributed by atoms with E-state index in [4.69, 9.17) is 11.6 Å². The van der Waals surface area contributed by atoms with Crippen molar-refractivity contribution in [2.24, 2.45) is 0 Å². The summed E-state index contributed by atoms with van der Waals surface area (Å²) in [5.41, 5.74) is -0.739. The monoisotopic (exact) mass is 261 g/mol. The molecular weight excluding hydrogens is 246 g/mol. The van der Waals surface area contributed by atoms with E-state index in [9.17, 15) is 5.11 Å². The van der Waals surface area contributed by atoms with Gasteiger partial charge in [-0.25, -0.2) is 9.97 Å². The van der Waals surface area contributed by atoms with Crippen LogP contribution in [0.5, 0.6) is 0 Å². The Morgan fingerprint density at radius 2 is 2.25 bits per heavy atom. The maximum Gasteiger partial charge on any atom is 0.190 e. The number of nitrogens with zero attached hydrogens (tertiary/aromatic N) is 2. The lowest BCUT2D eigenvalue weighted by Gasteiger charge is -2.21. The van der Waals surface area contributed by atoms with Crippen molar-refractivity contribution in [3.63, 3.8) is 0 Å². The number of aromatic nitrogens is 2. The van der Waals surface area contributed by atoms with Gasteiger partial charge in [0.2, 0.25) is 0 Å². The molecule has 0 aliphatic rings. The van der Waals surface area contributed by atoms with Gasteiger partial charge < -0.3 is 10.4 Å². The van der Waals surface area contributed by atoms with Gasteiger partial charge in [-0.15, -0.1) is 0 Å². The first kappa shape index (κ1) is 13.5. The summed E-state index contributed by atoms with van der Waals surface area (Å²) in [5, 5.41) is 13.9. The summed E-state index contributed by atoms with van der Waals surface area (Å²) in [6.07, 6.45) is 2.56. The molecule has 0 aliphatic carbocycles. The lowest BCUT2D eigenvalue weighted by molar-refractivity contribution is 0.0696. The van der Waals surface area contributed by atoms with Crippen molar-refractivity contribution in [2.75, 3.05) is 18.1 Å². The number of nitrogens with one attached hydrogen (secondary N) is 1. The largest absolute Gasteiger partial charge is 0.388 e. The van der Waals surface area contributed by atoms with Crippen molar-refractivity contribution >= 4 is 29.2 Å². The zero-order valence-corrected chi connectivity index (χ0v) is 11.2. The topological polar surface area (TPSA) is 58.0 Å². The van der Waals surface area contributed by atoms with Crippen molar-refractivity contribution < 1.29 is 5.11 Å². The number of thioether (sulfide) groups is 1. The lowest BCUT2D eigenvalue weighted by atomic mass is 10.0. The predicted molar refractivity (Wildman–Crippen MR) is 68.2 cm³/mol. The first-order valence-electron chi connectivity index (χ1n) is 5.01. The fourth-order valence-electron chi connectivity index (χ4n) is 0.985. The minimum atomic E-state index is -0.739. The highest BCUT2D eigenvalue weighted by molar-refractivity contribution is 7.98. The number of anilines is 1. The fourth-order valence-corrected chi connectivity index (χ4v) is 1.60. The van der Waals surface area contributed by atoms with Gasteiger partial charge in [0.05, 0.1) is 5.60 Å². The van der Waals surface area contributed by atoms with Crippen molar-refractivity contribution in [3.8, 4) is 0 Å². The van der Waals surface area contributed by atoms with E-state index < -0.39 is 5.60 Å². The normalized spacial score (nSPS) is 14.6. The highest BCUT2D eigenvalue weighted by Crippen LogP contribution is 2.18. The summed E-state index contributed by atoms with van der Waals surface area (Å²) in [6.45, 7) is 4.14. The third-order valence-corrected chi connectivity index (χ3v) is 3.01. The highest BCUT2D eigenvalue weighted by atomic mass is 35.5. The van der Waals surface area contributed by atoms with Gasteiger partial charge >= 0.3 is 0 Å². The zero-order chi connectivity index (χ0) is 12.2. The van der Waals surface area contributed by atoms with Crippen LogP contribution in [0.15, 0.2) is 11.2 Å². The van der Waals surface area contributed by atoms with Gasteiger partial charge in [0.25, 0.3) is 0 Å². The third kappa shape index (κ3) is 4.15. The Hall–Kier alpha value is -0.520. The van der Waals surface area contributed by atoms with Crippen LogP contribution in [0.1, 0.15) is 20.3 Å². The molecule has 1 atom stereocenters. The Kier molecular flexibility index (Phi) is 4.83. The predicted octanol–water partition coefficient (Wildman–Crippen LogP) is 2.42. The lowest BCUT2D eigenvalue weighted by Crippen LogP contribution is -2.32. The van der Waals surface area contributed by atoms with Crippen molar-refractivity contribution in [1.29, 1.82) is 0 Å². The summed E-state index contributed by atoms with van der Waals surface area (Å²) >= 11 is 7.27. The van der Waals surface area contributed by atoms with Crippen LogP contribution in [-0.4, -0.2) is 33.5 Å². The smallest absolute Gasteiger partial charge is 0.190 e. The van der Waals surface area contributed by atoms with Crippen LogP contribution < -0.4 is 5.32 Å². The molecular formula is C10H16ClN3OS. The molecule has 1 aromatic heterocycles. The van der Waals surface area contributed by atoms with Crippen molar-refractivity contribution in [1.82, 2.24) is 9.97 Å². The first-order valence-corrected chi connectivity index (χ1v) is 6.62. The molecule has 0 bridgehead atoms. The number of halogens is 1. The van der Waals surface area contributed by atoms with Crippen LogP contribution in [0, 0.1) is 0 Å². The van der Waals surface area contributed by atoms with Gasteiger partial charge in [-0.05, 0) is 19.6 Å². The van der Waals surface area contributed by atoms with Gasteiger partial charge in [-0.2, -0.15) is 0 Å². The number of hydrogen-bond acceptors (Lipinski definition) is 5. The molecule has 2 N–H and O–H groups in total. The minimum absolute atomic E-state index is 0.401. The van der Waals surface area contributed by atoms with Crippen LogP contribution >= 0.6 is 23.4 Å². The summed E-state index contributed by atoms with van der Waals surface area (Å²) in [4.78, 5) is 8.27. The molecule has 4 nitrogen and oxygen atoms in total. The van der Waals surface area contributed by atoms with E-state index >= 15 is 0 Å². The van der Waals surface area contributed by atoms with Crippen molar-refractivity contribution in [2.45, 2.75) is 31.0 Å².